The van der Waals surface area contributed by atoms with Crippen LogP contribution in [0, 0.1) is 0 Å². The highest BCUT2D eigenvalue weighted by atomic mass is 16.4. The second-order valence-electron chi connectivity index (χ2n) is 4.10. The highest BCUT2D eigenvalue weighted by Crippen LogP contribution is 2.29. The fourth-order valence-electron chi connectivity index (χ4n) is 2.33. The fraction of sp³-hybridized carbons (Fsp3) is 0.455. The van der Waals surface area contributed by atoms with Crippen LogP contribution in [-0.2, 0) is 9.59 Å². The summed E-state index contributed by atoms with van der Waals surface area (Å²) in [5.41, 5.74) is 0.519. The summed E-state index contributed by atoms with van der Waals surface area (Å²) in [5, 5.41) is 18.3. The SMILES string of the molecule is O=C(O)C1CCCN1C(C(=O)O)c1ccc[nH]1. The van der Waals surface area contributed by atoms with Crippen molar-refractivity contribution in [2.24, 2.45) is 0 Å². The van der Waals surface area contributed by atoms with Gasteiger partial charge in [-0.3, -0.25) is 14.5 Å². The Kier molecular flexibility index (Phi) is 3.14. The molecule has 1 aliphatic heterocycles. The number of carboxylic acid groups (broad SMARTS) is 2. The number of carboxylic acids is 2. The van der Waals surface area contributed by atoms with Gasteiger partial charge in [-0.05, 0) is 25.0 Å². The van der Waals surface area contributed by atoms with Gasteiger partial charge in [0.1, 0.15) is 12.1 Å². The second-order valence-corrected chi connectivity index (χ2v) is 4.10. The second kappa shape index (κ2) is 4.58. The Morgan fingerprint density at radius 2 is 2.24 bits per heavy atom. The molecule has 0 radical (unpaired) electrons. The standard InChI is InChI=1S/C11H14N2O4/c14-10(15)8-4-2-6-13(8)9(11(16)17)7-3-1-5-12-7/h1,3,5,8-9,12H,2,4,6H2,(H,14,15)(H,16,17). The van der Waals surface area contributed by atoms with E-state index < -0.39 is 24.0 Å². The molecule has 0 aromatic carbocycles. The summed E-state index contributed by atoms with van der Waals surface area (Å²) in [6, 6.07) is 1.75. The third kappa shape index (κ3) is 2.16. The average Bonchev–Trinajstić information content (AvgIpc) is 2.87. The average molecular weight is 238 g/mol. The smallest absolute Gasteiger partial charge is 0.327 e. The zero-order valence-electron chi connectivity index (χ0n) is 9.17. The molecule has 1 aromatic heterocycles. The van der Waals surface area contributed by atoms with E-state index in [4.69, 9.17) is 5.11 Å². The maximum absolute atomic E-state index is 11.3. The third-order valence-corrected chi connectivity index (χ3v) is 3.06. The van der Waals surface area contributed by atoms with Crippen molar-refractivity contribution in [1.82, 2.24) is 9.88 Å². The summed E-state index contributed by atoms with van der Waals surface area (Å²) in [4.78, 5) is 26.7. The van der Waals surface area contributed by atoms with Gasteiger partial charge in [-0.15, -0.1) is 0 Å². The van der Waals surface area contributed by atoms with E-state index in [9.17, 15) is 14.7 Å². The minimum Gasteiger partial charge on any atom is -0.480 e. The number of nitrogens with zero attached hydrogens (tertiary/aromatic N) is 1. The molecule has 0 bridgehead atoms. The van der Waals surface area contributed by atoms with Crippen LogP contribution in [-0.4, -0.2) is 44.6 Å². The highest BCUT2D eigenvalue weighted by molar-refractivity contribution is 5.78. The number of aromatic amines is 1. The molecule has 0 amide bonds. The van der Waals surface area contributed by atoms with Crippen LogP contribution in [0.1, 0.15) is 24.6 Å². The lowest BCUT2D eigenvalue weighted by molar-refractivity contribution is -0.149. The Hall–Kier alpha value is -1.82. The first-order valence-electron chi connectivity index (χ1n) is 5.46. The van der Waals surface area contributed by atoms with Gasteiger partial charge in [0.25, 0.3) is 0 Å². The van der Waals surface area contributed by atoms with Crippen molar-refractivity contribution in [3.05, 3.63) is 24.0 Å². The maximum atomic E-state index is 11.3. The molecule has 0 spiro atoms. The minimum atomic E-state index is -1.03. The van der Waals surface area contributed by atoms with Gasteiger partial charge in [0.2, 0.25) is 0 Å². The molecule has 2 rings (SSSR count). The van der Waals surface area contributed by atoms with Gasteiger partial charge in [-0.2, -0.15) is 0 Å². The molecule has 92 valence electrons. The predicted molar refractivity (Wildman–Crippen MR) is 58.5 cm³/mol. The number of hydrogen-bond donors (Lipinski definition) is 3. The first kappa shape index (κ1) is 11.7. The molecule has 1 saturated heterocycles. The molecular weight excluding hydrogens is 224 g/mol. The lowest BCUT2D eigenvalue weighted by Gasteiger charge is -2.27. The van der Waals surface area contributed by atoms with Crippen molar-refractivity contribution in [2.75, 3.05) is 6.54 Å². The van der Waals surface area contributed by atoms with Crippen molar-refractivity contribution >= 4 is 11.9 Å². The van der Waals surface area contributed by atoms with Gasteiger partial charge in [0.15, 0.2) is 0 Å². The van der Waals surface area contributed by atoms with Gasteiger partial charge >= 0.3 is 11.9 Å². The molecule has 2 heterocycles. The van der Waals surface area contributed by atoms with E-state index in [1.807, 2.05) is 0 Å². The predicted octanol–water partition coefficient (Wildman–Crippen LogP) is 0.689. The Labute approximate surface area is 97.9 Å². The molecule has 17 heavy (non-hydrogen) atoms. The fourth-order valence-corrected chi connectivity index (χ4v) is 2.33. The van der Waals surface area contributed by atoms with Gasteiger partial charge in [0.05, 0.1) is 0 Å². The molecule has 1 aliphatic rings. The molecule has 1 aromatic rings. The van der Waals surface area contributed by atoms with Crippen molar-refractivity contribution in [1.29, 1.82) is 0 Å². The molecular formula is C11H14N2O4. The summed E-state index contributed by atoms with van der Waals surface area (Å²) in [6.45, 7) is 0.493. The van der Waals surface area contributed by atoms with E-state index >= 15 is 0 Å². The number of carbonyl (C=O) groups is 2. The monoisotopic (exact) mass is 238 g/mol. The zero-order valence-corrected chi connectivity index (χ0v) is 9.17. The largest absolute Gasteiger partial charge is 0.480 e. The third-order valence-electron chi connectivity index (χ3n) is 3.06. The number of aliphatic carboxylic acids is 2. The van der Waals surface area contributed by atoms with E-state index in [-0.39, 0.29) is 0 Å². The van der Waals surface area contributed by atoms with Crippen LogP contribution >= 0.6 is 0 Å². The van der Waals surface area contributed by atoms with Gasteiger partial charge in [0, 0.05) is 18.4 Å². The first-order chi connectivity index (χ1) is 8.11. The van der Waals surface area contributed by atoms with E-state index in [0.29, 0.717) is 25.1 Å². The number of rotatable bonds is 4. The number of hydrogen-bond acceptors (Lipinski definition) is 3. The summed E-state index contributed by atoms with van der Waals surface area (Å²) in [7, 11) is 0. The molecule has 0 saturated carbocycles. The lowest BCUT2D eigenvalue weighted by Crippen LogP contribution is -2.42. The van der Waals surface area contributed by atoms with E-state index in [1.54, 1.807) is 18.3 Å². The summed E-state index contributed by atoms with van der Waals surface area (Å²) in [6.07, 6.45) is 2.85. The van der Waals surface area contributed by atoms with Crippen molar-refractivity contribution in [3.63, 3.8) is 0 Å². The number of nitrogens with one attached hydrogen (secondary N) is 1. The van der Waals surface area contributed by atoms with Gasteiger partial charge < -0.3 is 15.2 Å². The normalized spacial score (nSPS) is 22.5. The van der Waals surface area contributed by atoms with Crippen LogP contribution < -0.4 is 0 Å². The van der Waals surface area contributed by atoms with Crippen LogP contribution in [0.25, 0.3) is 0 Å². The molecule has 3 N–H and O–H groups in total. The van der Waals surface area contributed by atoms with Crippen LogP contribution in [0.15, 0.2) is 18.3 Å². The number of H-pyrrole nitrogens is 1. The quantitative estimate of drug-likeness (QED) is 0.717. The summed E-state index contributed by atoms with van der Waals surface area (Å²) in [5.74, 6) is -1.99. The van der Waals surface area contributed by atoms with Crippen molar-refractivity contribution in [2.45, 2.75) is 24.9 Å². The Balaban J connectivity index is 2.28. The molecule has 0 aliphatic carbocycles. The van der Waals surface area contributed by atoms with Crippen LogP contribution in [0.3, 0.4) is 0 Å². The van der Waals surface area contributed by atoms with E-state index in [1.165, 1.54) is 4.90 Å². The molecule has 6 heteroatoms. The zero-order chi connectivity index (χ0) is 12.4. The van der Waals surface area contributed by atoms with Crippen LogP contribution in [0.4, 0.5) is 0 Å². The van der Waals surface area contributed by atoms with Gasteiger partial charge in [-0.1, -0.05) is 0 Å². The number of likely N-dealkylation sites (tertiary alicyclic amines) is 1. The Bertz CT molecular complexity index is 415. The Morgan fingerprint density at radius 3 is 2.76 bits per heavy atom. The molecule has 2 atom stereocenters. The van der Waals surface area contributed by atoms with E-state index in [0.717, 1.165) is 0 Å². The van der Waals surface area contributed by atoms with E-state index in [2.05, 4.69) is 4.98 Å². The lowest BCUT2D eigenvalue weighted by atomic mass is 10.1. The maximum Gasteiger partial charge on any atom is 0.327 e. The van der Waals surface area contributed by atoms with Crippen LogP contribution in [0.5, 0.6) is 0 Å². The van der Waals surface area contributed by atoms with Gasteiger partial charge in [-0.25, -0.2) is 0 Å². The Morgan fingerprint density at radius 1 is 1.47 bits per heavy atom. The molecule has 2 unspecified atom stereocenters. The van der Waals surface area contributed by atoms with Crippen LogP contribution in [0.2, 0.25) is 0 Å². The topological polar surface area (TPSA) is 93.6 Å². The summed E-state index contributed by atoms with van der Waals surface area (Å²) < 4.78 is 0. The first-order valence-corrected chi connectivity index (χ1v) is 5.46. The molecule has 1 fully saturated rings. The minimum absolute atomic E-state index is 0.493. The number of aromatic nitrogens is 1. The van der Waals surface area contributed by atoms with Crippen molar-refractivity contribution in [3.8, 4) is 0 Å². The van der Waals surface area contributed by atoms with Crippen molar-refractivity contribution < 1.29 is 19.8 Å². The highest BCUT2D eigenvalue weighted by Gasteiger charge is 2.39. The molecule has 6 nitrogen and oxygen atoms in total. The summed E-state index contributed by atoms with van der Waals surface area (Å²) >= 11 is 0.